The molecule has 4 atom stereocenters. The van der Waals surface area contributed by atoms with E-state index in [1.165, 1.54) is 0 Å². The van der Waals surface area contributed by atoms with Crippen molar-refractivity contribution in [2.45, 2.75) is 91.5 Å². The van der Waals surface area contributed by atoms with Crippen LogP contribution in [0, 0.1) is 26.7 Å². The Bertz CT molecular complexity index is 1270. The van der Waals surface area contributed by atoms with E-state index in [0.717, 1.165) is 16.7 Å². The quantitative estimate of drug-likeness (QED) is 0.395. The van der Waals surface area contributed by atoms with Gasteiger partial charge in [0.2, 0.25) is 11.8 Å². The molecule has 0 aromatic heterocycles. The summed E-state index contributed by atoms with van der Waals surface area (Å²) in [6.07, 6.45) is -0.222. The van der Waals surface area contributed by atoms with Gasteiger partial charge in [-0.05, 0) is 88.6 Å². The monoisotopic (exact) mass is 550 g/mol. The number of nitrogens with zero attached hydrogens (tertiary/aromatic N) is 1. The van der Waals surface area contributed by atoms with Crippen molar-refractivity contribution in [2.24, 2.45) is 11.7 Å². The molecule has 1 saturated carbocycles. The number of hydrogen-bond acceptors (Lipinski definition) is 5. The largest absolute Gasteiger partial charge is 0.444 e. The van der Waals surface area contributed by atoms with Crippen LogP contribution in [0.1, 0.15) is 75.3 Å². The Hall–Kier alpha value is -3.88. The first-order valence-corrected chi connectivity index (χ1v) is 13.7. The Morgan fingerprint density at radius 3 is 2.23 bits per heavy atom. The number of nitrogens with one attached hydrogen (secondary N) is 2. The third-order valence-corrected chi connectivity index (χ3v) is 7.22. The lowest BCUT2D eigenvalue weighted by atomic mass is 9.94. The predicted octanol–water partition coefficient (Wildman–Crippen LogP) is 4.69. The van der Waals surface area contributed by atoms with Crippen LogP contribution in [-0.4, -0.2) is 46.4 Å². The van der Waals surface area contributed by atoms with Crippen LogP contribution in [0.3, 0.4) is 0 Å². The van der Waals surface area contributed by atoms with Gasteiger partial charge in [-0.15, -0.1) is 0 Å². The molecule has 0 aliphatic heterocycles. The Kier molecular flexibility index (Phi) is 9.60. The first-order chi connectivity index (χ1) is 18.7. The van der Waals surface area contributed by atoms with Crippen molar-refractivity contribution in [1.82, 2.24) is 10.2 Å². The molecule has 216 valence electrons. The van der Waals surface area contributed by atoms with Gasteiger partial charge in [0.1, 0.15) is 17.7 Å². The molecular weight excluding hydrogens is 508 g/mol. The number of ether oxygens (including phenoxy) is 1. The number of carbonyl (C=O) groups excluding carboxylic acids is 4. The van der Waals surface area contributed by atoms with Crippen molar-refractivity contribution in [3.05, 3.63) is 64.7 Å². The van der Waals surface area contributed by atoms with Crippen molar-refractivity contribution in [1.29, 1.82) is 0 Å². The van der Waals surface area contributed by atoms with E-state index in [4.69, 9.17) is 10.5 Å². The highest BCUT2D eigenvalue weighted by Gasteiger charge is 2.48. The van der Waals surface area contributed by atoms with Gasteiger partial charge < -0.3 is 26.0 Å². The van der Waals surface area contributed by atoms with E-state index in [-0.39, 0.29) is 30.7 Å². The zero-order valence-corrected chi connectivity index (χ0v) is 24.5. The third-order valence-electron chi connectivity index (χ3n) is 7.22. The highest BCUT2D eigenvalue weighted by atomic mass is 16.6. The molecule has 3 rings (SSSR count). The average molecular weight is 551 g/mol. The fraction of sp³-hybridized carbons (Fsp3) is 0.484. The number of aryl methyl sites for hydroxylation is 2. The molecule has 40 heavy (non-hydrogen) atoms. The predicted molar refractivity (Wildman–Crippen MR) is 154 cm³/mol. The summed E-state index contributed by atoms with van der Waals surface area (Å²) in [5, 5.41) is 5.68. The van der Waals surface area contributed by atoms with E-state index in [0.29, 0.717) is 17.7 Å². The van der Waals surface area contributed by atoms with Gasteiger partial charge in [0.25, 0.3) is 5.91 Å². The van der Waals surface area contributed by atoms with E-state index >= 15 is 0 Å². The minimum absolute atomic E-state index is 0.0239. The van der Waals surface area contributed by atoms with Crippen LogP contribution < -0.4 is 16.4 Å². The molecule has 1 aliphatic rings. The molecule has 4 unspecified atom stereocenters. The van der Waals surface area contributed by atoms with Crippen molar-refractivity contribution in [3.8, 4) is 0 Å². The zero-order chi connectivity index (χ0) is 29.8. The van der Waals surface area contributed by atoms with Gasteiger partial charge in [-0.1, -0.05) is 43.3 Å². The van der Waals surface area contributed by atoms with Crippen molar-refractivity contribution >= 4 is 29.5 Å². The molecule has 0 bridgehead atoms. The summed E-state index contributed by atoms with van der Waals surface area (Å²) in [4.78, 5) is 54.5. The summed E-state index contributed by atoms with van der Waals surface area (Å²) in [5.74, 6) is -1.27. The number of amides is 4. The highest BCUT2D eigenvalue weighted by Crippen LogP contribution is 2.42. The van der Waals surface area contributed by atoms with Gasteiger partial charge in [0.05, 0.1) is 0 Å². The van der Waals surface area contributed by atoms with Crippen molar-refractivity contribution < 1.29 is 23.9 Å². The van der Waals surface area contributed by atoms with Gasteiger partial charge in [-0.2, -0.15) is 0 Å². The summed E-state index contributed by atoms with van der Waals surface area (Å²) < 4.78 is 5.41. The van der Waals surface area contributed by atoms with E-state index in [1.807, 2.05) is 70.2 Å². The average Bonchev–Trinajstić information content (AvgIpc) is 3.57. The molecule has 0 saturated heterocycles. The Balaban J connectivity index is 2.08. The molecular formula is C31H42N4O5. The fourth-order valence-electron chi connectivity index (χ4n) is 4.75. The lowest BCUT2D eigenvalue weighted by Crippen LogP contribution is -2.53. The maximum absolute atomic E-state index is 14.3. The maximum Gasteiger partial charge on any atom is 0.408 e. The second-order valence-electron chi connectivity index (χ2n) is 11.7. The second-order valence-corrected chi connectivity index (χ2v) is 11.7. The van der Waals surface area contributed by atoms with Crippen LogP contribution in [0.2, 0.25) is 0 Å². The molecule has 1 aliphatic carbocycles. The van der Waals surface area contributed by atoms with Gasteiger partial charge >= 0.3 is 6.09 Å². The SMILES string of the molecule is Cc1ccccc1NC(=O)C(c1cccc(C)c1C)N(C(=O)C(CCC(N)=O)NC(=O)OC(C)(C)C)C1CC1C. The summed E-state index contributed by atoms with van der Waals surface area (Å²) >= 11 is 0. The first kappa shape index (κ1) is 30.7. The lowest BCUT2D eigenvalue weighted by Gasteiger charge is -2.36. The summed E-state index contributed by atoms with van der Waals surface area (Å²) in [6, 6.07) is 10.8. The number of carbonyl (C=O) groups is 4. The number of primary amides is 1. The zero-order valence-electron chi connectivity index (χ0n) is 24.5. The van der Waals surface area contributed by atoms with Gasteiger partial charge in [-0.3, -0.25) is 14.4 Å². The van der Waals surface area contributed by atoms with E-state index in [1.54, 1.807) is 25.7 Å². The minimum atomic E-state index is -1.12. The van der Waals surface area contributed by atoms with Gasteiger partial charge in [0, 0.05) is 18.2 Å². The smallest absolute Gasteiger partial charge is 0.408 e. The molecule has 0 heterocycles. The fourth-order valence-corrected chi connectivity index (χ4v) is 4.75. The molecule has 1 fully saturated rings. The van der Waals surface area contributed by atoms with Crippen LogP contribution >= 0.6 is 0 Å². The number of hydrogen-bond donors (Lipinski definition) is 3. The number of nitrogens with two attached hydrogens (primary N) is 1. The van der Waals surface area contributed by atoms with Crippen LogP contribution in [0.5, 0.6) is 0 Å². The number of anilines is 1. The molecule has 4 amide bonds. The highest BCUT2D eigenvalue weighted by molar-refractivity contribution is 6.00. The number of para-hydroxylation sites is 1. The van der Waals surface area contributed by atoms with Gasteiger partial charge in [-0.25, -0.2) is 4.79 Å². The van der Waals surface area contributed by atoms with Crippen LogP contribution in [-0.2, 0) is 19.1 Å². The minimum Gasteiger partial charge on any atom is -0.444 e. The number of alkyl carbamates (subject to hydrolysis) is 1. The molecule has 2 aromatic carbocycles. The molecule has 0 radical (unpaired) electrons. The molecule has 9 nitrogen and oxygen atoms in total. The standard InChI is InChI=1S/C31H42N4O5/c1-18-12-10-13-22(21(18)4)27(28(37)33-23-14-9-8-11-19(23)2)35(25-17-20(25)3)29(38)24(15-16-26(32)36)34-30(39)40-31(5,6)7/h8-14,20,24-25,27H,15-17H2,1-7H3,(H2,32,36)(H,33,37)(H,34,39). The topological polar surface area (TPSA) is 131 Å². The van der Waals surface area contributed by atoms with Crippen molar-refractivity contribution in [3.63, 3.8) is 0 Å². The first-order valence-electron chi connectivity index (χ1n) is 13.7. The molecule has 2 aromatic rings. The molecule has 4 N–H and O–H groups in total. The van der Waals surface area contributed by atoms with Crippen molar-refractivity contribution in [2.75, 3.05) is 5.32 Å². The van der Waals surface area contributed by atoms with Gasteiger partial charge in [0.15, 0.2) is 0 Å². The lowest BCUT2D eigenvalue weighted by molar-refractivity contribution is -0.142. The second kappa shape index (κ2) is 12.5. The summed E-state index contributed by atoms with van der Waals surface area (Å²) in [7, 11) is 0. The Labute approximate surface area is 236 Å². The van der Waals surface area contributed by atoms with Crippen LogP contribution in [0.4, 0.5) is 10.5 Å². The number of rotatable bonds is 10. The van der Waals surface area contributed by atoms with E-state index < -0.39 is 35.6 Å². The molecule has 0 spiro atoms. The molecule has 9 heteroatoms. The summed E-state index contributed by atoms with van der Waals surface area (Å²) in [6.45, 7) is 13.0. The Morgan fingerprint density at radius 2 is 1.65 bits per heavy atom. The normalized spacial score (nSPS) is 17.8. The summed E-state index contributed by atoms with van der Waals surface area (Å²) in [5.41, 5.74) is 8.73. The number of benzene rings is 2. The van der Waals surface area contributed by atoms with E-state index in [2.05, 4.69) is 10.6 Å². The maximum atomic E-state index is 14.3. The Morgan fingerprint density at radius 1 is 1.02 bits per heavy atom. The third kappa shape index (κ3) is 7.83. The van der Waals surface area contributed by atoms with Crippen LogP contribution in [0.15, 0.2) is 42.5 Å². The van der Waals surface area contributed by atoms with E-state index in [9.17, 15) is 19.2 Å². The van der Waals surface area contributed by atoms with Crippen LogP contribution in [0.25, 0.3) is 0 Å².